The van der Waals surface area contributed by atoms with Crippen molar-refractivity contribution in [2.75, 3.05) is 0 Å². The molecule has 192 valence electrons. The number of benzene rings is 2. The van der Waals surface area contributed by atoms with Gasteiger partial charge < -0.3 is 9.47 Å². The minimum absolute atomic E-state index is 0.111. The maximum atomic E-state index is 14.5. The van der Waals surface area contributed by atoms with E-state index in [0.29, 0.717) is 18.1 Å². The molecular formula is C27H30F6O2. The second-order valence-corrected chi connectivity index (χ2v) is 10.0. The number of alkyl halides is 5. The van der Waals surface area contributed by atoms with Crippen LogP contribution in [0.15, 0.2) is 42.5 Å². The highest BCUT2D eigenvalue weighted by atomic mass is 19.4. The normalized spacial score (nSPS) is 25.8. The van der Waals surface area contributed by atoms with Crippen LogP contribution in [0, 0.1) is 23.6 Å². The number of hydrogen-bond acceptors (Lipinski definition) is 2. The lowest BCUT2D eigenvalue weighted by Crippen LogP contribution is -2.24. The van der Waals surface area contributed by atoms with Crippen molar-refractivity contribution in [3.8, 4) is 11.5 Å². The van der Waals surface area contributed by atoms with Crippen LogP contribution in [-0.2, 0) is 6.11 Å². The van der Waals surface area contributed by atoms with E-state index in [-0.39, 0.29) is 11.8 Å². The van der Waals surface area contributed by atoms with Gasteiger partial charge in [0.1, 0.15) is 5.75 Å². The standard InChI is InChI=1S/C27H30F6O2/c1-17-2-4-18(5-3-17)19-6-8-20(9-7-19)21-10-13-23(14-11-21)34-26(29,30)22-12-15-25(24(28)16-22)35-27(31,32)33/h10-20H,2-9H2,1H3. The fraction of sp³-hybridized carbons (Fsp3) is 0.556. The molecule has 8 heteroatoms. The first-order valence-corrected chi connectivity index (χ1v) is 12.2. The molecule has 2 fully saturated rings. The summed E-state index contributed by atoms with van der Waals surface area (Å²) in [4.78, 5) is 0. The maximum absolute atomic E-state index is 14.5. The highest BCUT2D eigenvalue weighted by molar-refractivity contribution is 5.33. The van der Waals surface area contributed by atoms with Gasteiger partial charge in [-0.15, -0.1) is 13.2 Å². The number of hydrogen-bond donors (Lipinski definition) is 0. The Hall–Kier alpha value is -2.38. The SMILES string of the molecule is CC1CCC(C2CCC(c3ccc(OC(F)(F)c4ccc(OC(F)(F)F)c(F)c4)cc3)CC2)CC1. The van der Waals surface area contributed by atoms with Crippen molar-refractivity contribution in [2.24, 2.45) is 17.8 Å². The van der Waals surface area contributed by atoms with Gasteiger partial charge in [0.05, 0.1) is 5.56 Å². The molecule has 0 aromatic heterocycles. The van der Waals surface area contributed by atoms with Crippen LogP contribution in [0.4, 0.5) is 26.3 Å². The molecule has 2 aliphatic rings. The molecule has 4 rings (SSSR count). The number of ether oxygens (including phenoxy) is 2. The molecule has 0 saturated heterocycles. The van der Waals surface area contributed by atoms with E-state index in [2.05, 4.69) is 11.7 Å². The first kappa shape index (κ1) is 25.7. The lowest BCUT2D eigenvalue weighted by molar-refractivity contribution is -0.275. The Morgan fingerprint density at radius 2 is 1.29 bits per heavy atom. The summed E-state index contributed by atoms with van der Waals surface area (Å²) < 4.78 is 88.0. The van der Waals surface area contributed by atoms with Gasteiger partial charge in [-0.25, -0.2) is 4.39 Å². The molecule has 0 atom stereocenters. The summed E-state index contributed by atoms with van der Waals surface area (Å²) in [6, 6.07) is 7.89. The Morgan fingerprint density at radius 3 is 1.83 bits per heavy atom. The molecule has 0 aliphatic heterocycles. The third kappa shape index (κ3) is 6.64. The summed E-state index contributed by atoms with van der Waals surface area (Å²) >= 11 is 0. The summed E-state index contributed by atoms with van der Waals surface area (Å²) in [5.41, 5.74) is 0.167. The van der Waals surface area contributed by atoms with Crippen LogP contribution < -0.4 is 9.47 Å². The van der Waals surface area contributed by atoms with Crippen LogP contribution in [0.5, 0.6) is 11.5 Å². The monoisotopic (exact) mass is 500 g/mol. The highest BCUT2D eigenvalue weighted by Gasteiger charge is 2.37. The summed E-state index contributed by atoms with van der Waals surface area (Å²) in [5.74, 6) is -0.000666. The molecule has 2 aromatic rings. The molecule has 35 heavy (non-hydrogen) atoms. The summed E-state index contributed by atoms with van der Waals surface area (Å²) in [7, 11) is 0. The van der Waals surface area contributed by atoms with E-state index in [1.807, 2.05) is 0 Å². The zero-order valence-corrected chi connectivity index (χ0v) is 19.6. The molecule has 0 amide bonds. The molecular weight excluding hydrogens is 470 g/mol. The average molecular weight is 501 g/mol. The molecule has 0 heterocycles. The van der Waals surface area contributed by atoms with Crippen LogP contribution in [0.3, 0.4) is 0 Å². The smallest absolute Gasteiger partial charge is 0.429 e. The molecule has 0 bridgehead atoms. The summed E-state index contributed by atoms with van der Waals surface area (Å²) in [5, 5.41) is 0. The van der Waals surface area contributed by atoms with Crippen molar-refractivity contribution in [2.45, 2.75) is 76.7 Å². The Labute approximate surface area is 201 Å². The van der Waals surface area contributed by atoms with E-state index in [9.17, 15) is 26.3 Å². The molecule has 2 saturated carbocycles. The molecule has 2 nitrogen and oxygen atoms in total. The Bertz CT molecular complexity index is 972. The van der Waals surface area contributed by atoms with E-state index in [1.54, 1.807) is 12.1 Å². The predicted molar refractivity (Wildman–Crippen MR) is 120 cm³/mol. The van der Waals surface area contributed by atoms with Crippen molar-refractivity contribution in [1.82, 2.24) is 0 Å². The van der Waals surface area contributed by atoms with E-state index in [1.165, 1.54) is 50.7 Å². The molecule has 2 aromatic carbocycles. The third-order valence-corrected chi connectivity index (χ3v) is 7.59. The second kappa shape index (κ2) is 10.3. The first-order valence-electron chi connectivity index (χ1n) is 12.2. The van der Waals surface area contributed by atoms with Crippen LogP contribution >= 0.6 is 0 Å². The first-order chi connectivity index (χ1) is 16.5. The average Bonchev–Trinajstić information content (AvgIpc) is 2.80. The van der Waals surface area contributed by atoms with Gasteiger partial charge in [0.2, 0.25) is 0 Å². The number of rotatable bonds is 6. The van der Waals surface area contributed by atoms with Gasteiger partial charge in [-0.3, -0.25) is 0 Å². The van der Waals surface area contributed by atoms with Crippen molar-refractivity contribution < 1.29 is 35.8 Å². The van der Waals surface area contributed by atoms with E-state index < -0.39 is 29.6 Å². The van der Waals surface area contributed by atoms with Crippen LogP contribution in [0.25, 0.3) is 0 Å². The highest BCUT2D eigenvalue weighted by Crippen LogP contribution is 2.44. The van der Waals surface area contributed by atoms with E-state index >= 15 is 0 Å². The zero-order chi connectivity index (χ0) is 25.2. The minimum atomic E-state index is -5.13. The van der Waals surface area contributed by atoms with Crippen molar-refractivity contribution in [1.29, 1.82) is 0 Å². The van der Waals surface area contributed by atoms with E-state index in [0.717, 1.165) is 36.2 Å². The van der Waals surface area contributed by atoms with E-state index in [4.69, 9.17) is 4.74 Å². The van der Waals surface area contributed by atoms with Crippen molar-refractivity contribution in [3.63, 3.8) is 0 Å². The van der Waals surface area contributed by atoms with Gasteiger partial charge in [-0.05, 0) is 98.1 Å². The zero-order valence-electron chi connectivity index (χ0n) is 19.6. The molecule has 0 N–H and O–H groups in total. The van der Waals surface area contributed by atoms with Gasteiger partial charge in [0, 0.05) is 0 Å². The predicted octanol–water partition coefficient (Wildman–Crippen LogP) is 8.95. The third-order valence-electron chi connectivity index (χ3n) is 7.59. The minimum Gasteiger partial charge on any atom is -0.429 e. The van der Waals surface area contributed by atoms with Crippen molar-refractivity contribution >= 4 is 0 Å². The Balaban J connectivity index is 1.34. The van der Waals surface area contributed by atoms with Gasteiger partial charge in [0.15, 0.2) is 11.6 Å². The van der Waals surface area contributed by atoms with Gasteiger partial charge in [0.25, 0.3) is 0 Å². The topological polar surface area (TPSA) is 18.5 Å². The molecule has 2 aliphatic carbocycles. The lowest BCUT2D eigenvalue weighted by atomic mass is 9.68. The Morgan fingerprint density at radius 1 is 0.714 bits per heavy atom. The number of halogens is 6. The fourth-order valence-electron chi connectivity index (χ4n) is 5.59. The summed E-state index contributed by atoms with van der Waals surface area (Å²) in [6.45, 7) is 2.33. The maximum Gasteiger partial charge on any atom is 0.573 e. The largest absolute Gasteiger partial charge is 0.573 e. The summed E-state index contributed by atoms with van der Waals surface area (Å²) in [6.07, 6.45) is 0.809. The fourth-order valence-corrected chi connectivity index (χ4v) is 5.59. The van der Waals surface area contributed by atoms with Gasteiger partial charge >= 0.3 is 12.5 Å². The second-order valence-electron chi connectivity index (χ2n) is 10.0. The van der Waals surface area contributed by atoms with Gasteiger partial charge in [-0.2, -0.15) is 8.78 Å². The van der Waals surface area contributed by atoms with Gasteiger partial charge in [-0.1, -0.05) is 31.9 Å². The van der Waals surface area contributed by atoms with Crippen LogP contribution in [0.2, 0.25) is 0 Å². The molecule has 0 unspecified atom stereocenters. The van der Waals surface area contributed by atoms with Crippen LogP contribution in [-0.4, -0.2) is 6.36 Å². The molecule has 0 spiro atoms. The Kier molecular flexibility index (Phi) is 7.57. The van der Waals surface area contributed by atoms with Crippen molar-refractivity contribution in [3.05, 3.63) is 59.4 Å². The molecule has 0 radical (unpaired) electrons. The quantitative estimate of drug-likeness (QED) is 0.369. The van der Waals surface area contributed by atoms with Crippen LogP contribution in [0.1, 0.15) is 75.3 Å². The lowest BCUT2D eigenvalue weighted by Gasteiger charge is -2.37.